The lowest BCUT2D eigenvalue weighted by Gasteiger charge is -2.05. The van der Waals surface area contributed by atoms with Crippen molar-refractivity contribution < 1.29 is 19.1 Å². The molecule has 0 N–H and O–H groups in total. The summed E-state index contributed by atoms with van der Waals surface area (Å²) in [5.41, 5.74) is 0.545. The summed E-state index contributed by atoms with van der Waals surface area (Å²) in [4.78, 5) is 27.0. The quantitative estimate of drug-likeness (QED) is 0.755. The van der Waals surface area contributed by atoms with Crippen LogP contribution in [0, 0.1) is 0 Å². The molecule has 0 saturated heterocycles. The summed E-state index contributed by atoms with van der Waals surface area (Å²) in [5, 5.41) is 1.37. The molecule has 0 spiro atoms. The molecule has 0 aliphatic carbocycles. The van der Waals surface area contributed by atoms with Crippen LogP contribution in [0.25, 0.3) is 10.8 Å². The van der Waals surface area contributed by atoms with E-state index in [0.29, 0.717) is 10.9 Å². The van der Waals surface area contributed by atoms with Crippen molar-refractivity contribution in [2.75, 3.05) is 14.2 Å². The lowest BCUT2D eigenvalue weighted by atomic mass is 10.1. The van der Waals surface area contributed by atoms with Crippen molar-refractivity contribution in [3.63, 3.8) is 0 Å². The molecule has 0 aliphatic rings. The van der Waals surface area contributed by atoms with Crippen molar-refractivity contribution in [1.29, 1.82) is 0 Å². The Kier molecular flexibility index (Phi) is 3.23. The maximum absolute atomic E-state index is 11.6. The minimum Gasteiger partial charge on any atom is -0.465 e. The summed E-state index contributed by atoms with van der Waals surface area (Å²) < 4.78 is 9.29. The largest absolute Gasteiger partial charge is 0.465 e. The third-order valence-corrected chi connectivity index (χ3v) is 2.57. The van der Waals surface area contributed by atoms with Gasteiger partial charge in [-0.25, -0.2) is 14.6 Å². The molecule has 5 nitrogen and oxygen atoms in total. The predicted molar refractivity (Wildman–Crippen MR) is 64.4 cm³/mol. The summed E-state index contributed by atoms with van der Waals surface area (Å²) in [7, 11) is 2.59. The molecule has 5 heteroatoms. The Balaban J connectivity index is 2.65. The minimum atomic E-state index is -0.539. The van der Waals surface area contributed by atoms with E-state index in [1.54, 1.807) is 24.3 Å². The van der Waals surface area contributed by atoms with Crippen LogP contribution in [0.3, 0.4) is 0 Å². The molecule has 2 aromatic rings. The Hall–Kier alpha value is -2.43. The highest BCUT2D eigenvalue weighted by molar-refractivity contribution is 6.05. The predicted octanol–water partition coefficient (Wildman–Crippen LogP) is 1.81. The molecule has 0 saturated carbocycles. The minimum absolute atomic E-state index is 0.181. The Morgan fingerprint density at radius 3 is 2.44 bits per heavy atom. The van der Waals surface area contributed by atoms with E-state index in [2.05, 4.69) is 14.5 Å². The third kappa shape index (κ3) is 2.02. The Bertz CT molecular complexity index is 621. The van der Waals surface area contributed by atoms with E-state index in [1.807, 2.05) is 0 Å². The molecule has 0 amide bonds. The van der Waals surface area contributed by atoms with Gasteiger partial charge in [0.1, 0.15) is 0 Å². The standard InChI is InChI=1S/C13H11NO4/c1-17-12(15)9-4-3-8-5-6-14-11(10(8)7-9)13(16)18-2/h3-7H,1-2H3. The third-order valence-electron chi connectivity index (χ3n) is 2.57. The summed E-state index contributed by atoms with van der Waals surface area (Å²) in [5.74, 6) is -1.00. The van der Waals surface area contributed by atoms with Crippen molar-refractivity contribution in [2.24, 2.45) is 0 Å². The molecule has 18 heavy (non-hydrogen) atoms. The smallest absolute Gasteiger partial charge is 0.357 e. The molecule has 1 aromatic heterocycles. The van der Waals surface area contributed by atoms with Gasteiger partial charge in [0, 0.05) is 11.6 Å². The second-order valence-corrected chi connectivity index (χ2v) is 3.58. The second kappa shape index (κ2) is 4.83. The zero-order chi connectivity index (χ0) is 13.1. The van der Waals surface area contributed by atoms with Gasteiger partial charge in [-0.3, -0.25) is 0 Å². The van der Waals surface area contributed by atoms with Crippen LogP contribution in [0.1, 0.15) is 20.8 Å². The number of nitrogens with zero attached hydrogens (tertiary/aromatic N) is 1. The molecular weight excluding hydrogens is 234 g/mol. The molecule has 0 fully saturated rings. The summed E-state index contributed by atoms with van der Waals surface area (Å²) in [6.45, 7) is 0. The Morgan fingerprint density at radius 2 is 1.78 bits per heavy atom. The molecule has 0 aliphatic heterocycles. The topological polar surface area (TPSA) is 65.5 Å². The summed E-state index contributed by atoms with van der Waals surface area (Å²) >= 11 is 0. The van der Waals surface area contributed by atoms with Crippen LogP contribution >= 0.6 is 0 Å². The zero-order valence-corrected chi connectivity index (χ0v) is 9.97. The van der Waals surface area contributed by atoms with Crippen LogP contribution in [-0.2, 0) is 9.47 Å². The van der Waals surface area contributed by atoms with Gasteiger partial charge >= 0.3 is 11.9 Å². The lowest BCUT2D eigenvalue weighted by Crippen LogP contribution is -2.06. The van der Waals surface area contributed by atoms with E-state index in [0.717, 1.165) is 5.39 Å². The highest BCUT2D eigenvalue weighted by Crippen LogP contribution is 2.19. The van der Waals surface area contributed by atoms with Crippen molar-refractivity contribution >= 4 is 22.7 Å². The van der Waals surface area contributed by atoms with Crippen molar-refractivity contribution in [1.82, 2.24) is 4.98 Å². The number of fused-ring (bicyclic) bond motifs is 1. The average Bonchev–Trinajstić information content (AvgIpc) is 2.44. The number of methoxy groups -OCH3 is 2. The van der Waals surface area contributed by atoms with E-state index in [-0.39, 0.29) is 5.69 Å². The Labute approximate surface area is 103 Å². The average molecular weight is 245 g/mol. The van der Waals surface area contributed by atoms with Gasteiger partial charge in [-0.2, -0.15) is 0 Å². The van der Waals surface area contributed by atoms with Crippen LogP contribution < -0.4 is 0 Å². The SMILES string of the molecule is COC(=O)c1ccc2ccnc(C(=O)OC)c2c1. The van der Waals surface area contributed by atoms with E-state index in [1.165, 1.54) is 20.4 Å². The fraction of sp³-hybridized carbons (Fsp3) is 0.154. The van der Waals surface area contributed by atoms with Gasteiger partial charge in [-0.1, -0.05) is 6.07 Å². The monoisotopic (exact) mass is 245 g/mol. The van der Waals surface area contributed by atoms with Gasteiger partial charge in [-0.15, -0.1) is 0 Å². The number of carbonyl (C=O) groups excluding carboxylic acids is 2. The van der Waals surface area contributed by atoms with E-state index in [9.17, 15) is 9.59 Å². The highest BCUT2D eigenvalue weighted by Gasteiger charge is 2.14. The van der Waals surface area contributed by atoms with Crippen LogP contribution in [0.2, 0.25) is 0 Å². The summed E-state index contributed by atoms with van der Waals surface area (Å²) in [6, 6.07) is 6.69. The van der Waals surface area contributed by atoms with Crippen LogP contribution in [0.4, 0.5) is 0 Å². The first-order valence-corrected chi connectivity index (χ1v) is 5.22. The highest BCUT2D eigenvalue weighted by atomic mass is 16.5. The van der Waals surface area contributed by atoms with Crippen LogP contribution in [0.5, 0.6) is 0 Å². The van der Waals surface area contributed by atoms with Crippen molar-refractivity contribution in [3.05, 3.63) is 41.7 Å². The molecule has 0 atom stereocenters. The second-order valence-electron chi connectivity index (χ2n) is 3.58. The number of benzene rings is 1. The molecular formula is C13H11NO4. The first kappa shape index (κ1) is 12.0. The fourth-order valence-electron chi connectivity index (χ4n) is 1.67. The molecule has 1 heterocycles. The van der Waals surface area contributed by atoms with Crippen molar-refractivity contribution in [2.45, 2.75) is 0 Å². The number of aromatic nitrogens is 1. The van der Waals surface area contributed by atoms with Crippen LogP contribution in [-0.4, -0.2) is 31.1 Å². The zero-order valence-electron chi connectivity index (χ0n) is 9.97. The normalized spacial score (nSPS) is 10.1. The van der Waals surface area contributed by atoms with E-state index < -0.39 is 11.9 Å². The molecule has 0 unspecified atom stereocenters. The molecule has 1 aromatic carbocycles. The van der Waals surface area contributed by atoms with Gasteiger partial charge < -0.3 is 9.47 Å². The number of pyridine rings is 1. The van der Waals surface area contributed by atoms with Crippen LogP contribution in [0.15, 0.2) is 30.5 Å². The van der Waals surface area contributed by atoms with Gasteiger partial charge in [0.05, 0.1) is 19.8 Å². The first-order valence-electron chi connectivity index (χ1n) is 5.22. The first-order chi connectivity index (χ1) is 8.67. The van der Waals surface area contributed by atoms with Gasteiger partial charge in [0.15, 0.2) is 5.69 Å². The number of esters is 2. The Morgan fingerprint density at radius 1 is 1.06 bits per heavy atom. The van der Waals surface area contributed by atoms with Gasteiger partial charge in [0.25, 0.3) is 0 Å². The maximum Gasteiger partial charge on any atom is 0.357 e. The number of hydrogen-bond acceptors (Lipinski definition) is 5. The molecule has 2 rings (SSSR count). The number of carbonyl (C=O) groups is 2. The van der Waals surface area contributed by atoms with Gasteiger partial charge in [0.2, 0.25) is 0 Å². The lowest BCUT2D eigenvalue weighted by molar-refractivity contribution is 0.0587. The molecule has 92 valence electrons. The molecule has 0 radical (unpaired) electrons. The molecule has 0 bridgehead atoms. The number of ether oxygens (including phenoxy) is 2. The fourth-order valence-corrected chi connectivity index (χ4v) is 1.67. The maximum atomic E-state index is 11.6. The van der Waals surface area contributed by atoms with E-state index in [4.69, 9.17) is 0 Å². The van der Waals surface area contributed by atoms with Gasteiger partial charge in [-0.05, 0) is 23.6 Å². The number of rotatable bonds is 2. The number of hydrogen-bond donors (Lipinski definition) is 0. The summed E-state index contributed by atoms with van der Waals surface area (Å²) in [6.07, 6.45) is 1.52. The van der Waals surface area contributed by atoms with E-state index >= 15 is 0 Å². The van der Waals surface area contributed by atoms with Crippen molar-refractivity contribution in [3.8, 4) is 0 Å².